The summed E-state index contributed by atoms with van der Waals surface area (Å²) in [6.07, 6.45) is 3.05. The number of rotatable bonds is 7. The molecule has 0 aliphatic carbocycles. The van der Waals surface area contributed by atoms with Gasteiger partial charge >= 0.3 is 0 Å². The number of piperidine rings is 1. The molecule has 2 heterocycles. The largest absolute Gasteiger partial charge is 0.497 e. The third-order valence-electron chi connectivity index (χ3n) is 5.74. The number of aromatic nitrogens is 2. The van der Waals surface area contributed by atoms with Gasteiger partial charge in [-0.05, 0) is 67.8 Å². The molecule has 1 aliphatic rings. The molecular weight excluding hydrogens is 470 g/mol. The van der Waals surface area contributed by atoms with Crippen LogP contribution in [0.2, 0.25) is 0 Å². The normalized spacial score (nSPS) is 13.8. The van der Waals surface area contributed by atoms with Crippen molar-refractivity contribution in [3.8, 4) is 5.75 Å². The van der Waals surface area contributed by atoms with E-state index in [4.69, 9.17) is 4.74 Å². The van der Waals surface area contributed by atoms with E-state index in [9.17, 15) is 18.0 Å². The maximum Gasteiger partial charge on any atom is 0.276 e. The minimum atomic E-state index is -3.99. The summed E-state index contributed by atoms with van der Waals surface area (Å²) in [5.74, 6) is 0.0523. The van der Waals surface area contributed by atoms with Crippen molar-refractivity contribution in [1.29, 1.82) is 0 Å². The molecule has 1 amide bonds. The van der Waals surface area contributed by atoms with E-state index in [0.717, 1.165) is 37.0 Å². The average Bonchev–Trinajstić information content (AvgIpc) is 2.86. The average molecular weight is 498 g/mol. The fourth-order valence-electron chi connectivity index (χ4n) is 3.89. The second kappa shape index (κ2) is 10.2. The maximum atomic E-state index is 13.5. The van der Waals surface area contributed by atoms with Crippen LogP contribution in [0, 0.1) is 0 Å². The molecule has 0 spiro atoms. The highest BCUT2D eigenvalue weighted by atomic mass is 32.2. The van der Waals surface area contributed by atoms with Crippen molar-refractivity contribution in [3.05, 3.63) is 70.6 Å². The lowest BCUT2D eigenvalue weighted by atomic mass is 10.1. The Morgan fingerprint density at radius 2 is 1.66 bits per heavy atom. The Bertz CT molecular complexity index is 1380. The minimum Gasteiger partial charge on any atom is -0.497 e. The molecule has 2 N–H and O–H groups in total. The highest BCUT2D eigenvalue weighted by Crippen LogP contribution is 2.32. The van der Waals surface area contributed by atoms with Crippen molar-refractivity contribution in [2.45, 2.75) is 24.2 Å². The predicted molar refractivity (Wildman–Crippen MR) is 134 cm³/mol. The molecule has 3 aromatic rings. The number of carbonyl (C=O) groups excluding carboxylic acids is 1. The Kier molecular flexibility index (Phi) is 7.06. The molecule has 4 rings (SSSR count). The zero-order chi connectivity index (χ0) is 25.0. The van der Waals surface area contributed by atoms with E-state index in [1.54, 1.807) is 36.4 Å². The Hall–Kier alpha value is -3.86. The molecule has 1 fully saturated rings. The molecule has 0 bridgehead atoms. The molecule has 0 saturated carbocycles. The second-order valence-electron chi connectivity index (χ2n) is 8.20. The van der Waals surface area contributed by atoms with Crippen LogP contribution >= 0.6 is 0 Å². The van der Waals surface area contributed by atoms with E-state index in [1.807, 2.05) is 4.90 Å². The minimum absolute atomic E-state index is 0.0352. The van der Waals surface area contributed by atoms with Gasteiger partial charge in [-0.3, -0.25) is 14.3 Å². The fourth-order valence-corrected chi connectivity index (χ4v) is 5.20. The lowest BCUT2D eigenvalue weighted by Gasteiger charge is -2.30. The predicted octanol–water partition coefficient (Wildman–Crippen LogP) is 2.83. The van der Waals surface area contributed by atoms with E-state index >= 15 is 0 Å². The third-order valence-corrected chi connectivity index (χ3v) is 7.15. The lowest BCUT2D eigenvalue weighted by molar-refractivity contribution is 0.102. The summed E-state index contributed by atoms with van der Waals surface area (Å²) in [5.41, 5.74) is 0.947. The summed E-state index contributed by atoms with van der Waals surface area (Å²) in [5, 5.41) is 6.63. The van der Waals surface area contributed by atoms with Crippen LogP contribution in [0.4, 0.5) is 17.1 Å². The van der Waals surface area contributed by atoms with Crippen molar-refractivity contribution in [2.75, 3.05) is 35.1 Å². The first kappa shape index (κ1) is 24.3. The van der Waals surface area contributed by atoms with Gasteiger partial charge in [-0.2, -0.15) is 5.10 Å². The summed E-state index contributed by atoms with van der Waals surface area (Å²) in [4.78, 5) is 26.4. The zero-order valence-corrected chi connectivity index (χ0v) is 20.3. The van der Waals surface area contributed by atoms with Crippen LogP contribution in [0.3, 0.4) is 0 Å². The van der Waals surface area contributed by atoms with Crippen molar-refractivity contribution >= 4 is 33.0 Å². The number of sulfonamides is 1. The van der Waals surface area contributed by atoms with Crippen LogP contribution in [-0.2, 0) is 17.1 Å². The highest BCUT2D eigenvalue weighted by molar-refractivity contribution is 7.92. The summed E-state index contributed by atoms with van der Waals surface area (Å²) in [6.45, 7) is 1.50. The van der Waals surface area contributed by atoms with Crippen molar-refractivity contribution in [1.82, 2.24) is 9.78 Å². The van der Waals surface area contributed by atoms with Crippen LogP contribution in [0.25, 0.3) is 0 Å². The van der Waals surface area contributed by atoms with E-state index in [1.165, 1.54) is 32.4 Å². The van der Waals surface area contributed by atoms with Crippen LogP contribution < -0.4 is 25.2 Å². The lowest BCUT2D eigenvalue weighted by Crippen LogP contribution is -2.31. The molecular formula is C24H27N5O5S. The first-order valence-corrected chi connectivity index (χ1v) is 12.7. The fraction of sp³-hybridized carbons (Fsp3) is 0.292. The Labute approximate surface area is 203 Å². The first-order chi connectivity index (χ1) is 16.8. The Balaban J connectivity index is 1.67. The van der Waals surface area contributed by atoms with Gasteiger partial charge in [-0.25, -0.2) is 13.1 Å². The van der Waals surface area contributed by atoms with Crippen molar-refractivity contribution < 1.29 is 17.9 Å². The number of methoxy groups -OCH3 is 1. The van der Waals surface area contributed by atoms with E-state index in [0.29, 0.717) is 22.8 Å². The van der Waals surface area contributed by atoms with Gasteiger partial charge in [0.05, 0.1) is 12.8 Å². The Morgan fingerprint density at radius 3 is 2.31 bits per heavy atom. The number of amides is 1. The van der Waals surface area contributed by atoms with Gasteiger partial charge in [-0.15, -0.1) is 0 Å². The SMILES string of the molecule is COc1ccc(NS(=O)(=O)c2cc(NC(=O)c3ccc(=O)n(C)n3)ccc2N2CCCCC2)cc1. The summed E-state index contributed by atoms with van der Waals surface area (Å²) >= 11 is 0. The van der Waals surface area contributed by atoms with Gasteiger partial charge in [0.1, 0.15) is 16.3 Å². The Morgan fingerprint density at radius 1 is 0.971 bits per heavy atom. The molecule has 35 heavy (non-hydrogen) atoms. The number of aryl methyl sites for hydroxylation is 1. The van der Waals surface area contributed by atoms with Gasteiger partial charge in [-0.1, -0.05) is 0 Å². The topological polar surface area (TPSA) is 123 Å². The molecule has 1 aromatic heterocycles. The second-order valence-corrected chi connectivity index (χ2v) is 9.85. The summed E-state index contributed by atoms with van der Waals surface area (Å²) < 4.78 is 35.8. The molecule has 1 saturated heterocycles. The van der Waals surface area contributed by atoms with E-state index in [-0.39, 0.29) is 16.1 Å². The van der Waals surface area contributed by atoms with Gasteiger partial charge in [0, 0.05) is 37.6 Å². The smallest absolute Gasteiger partial charge is 0.276 e. The third kappa shape index (κ3) is 5.62. The van der Waals surface area contributed by atoms with Crippen LogP contribution in [-0.4, -0.2) is 44.3 Å². The molecule has 10 nitrogen and oxygen atoms in total. The number of hydrogen-bond acceptors (Lipinski definition) is 7. The molecule has 0 unspecified atom stereocenters. The summed E-state index contributed by atoms with van der Waals surface area (Å²) in [7, 11) is -1.01. The number of hydrogen-bond donors (Lipinski definition) is 2. The van der Waals surface area contributed by atoms with Gasteiger partial charge in [0.2, 0.25) is 0 Å². The van der Waals surface area contributed by atoms with Crippen molar-refractivity contribution in [3.63, 3.8) is 0 Å². The number of anilines is 3. The molecule has 0 atom stereocenters. The highest BCUT2D eigenvalue weighted by Gasteiger charge is 2.24. The van der Waals surface area contributed by atoms with Gasteiger partial charge < -0.3 is 15.0 Å². The van der Waals surface area contributed by atoms with E-state index in [2.05, 4.69) is 15.1 Å². The first-order valence-electron chi connectivity index (χ1n) is 11.2. The molecule has 184 valence electrons. The number of ether oxygens (including phenoxy) is 1. The standard InChI is InChI=1S/C24H27N5O5S/c1-28-23(30)13-11-20(26-28)24(31)25-18-8-12-21(29-14-4-3-5-15-29)22(16-18)35(32,33)27-17-6-9-19(34-2)10-7-17/h6-13,16,27H,3-5,14-15H2,1-2H3,(H,25,31). The number of nitrogens with zero attached hydrogens (tertiary/aromatic N) is 3. The summed E-state index contributed by atoms with van der Waals surface area (Å²) in [6, 6.07) is 13.9. The quantitative estimate of drug-likeness (QED) is 0.515. The van der Waals surface area contributed by atoms with Crippen LogP contribution in [0.1, 0.15) is 29.8 Å². The zero-order valence-electron chi connectivity index (χ0n) is 19.5. The van der Waals surface area contributed by atoms with Crippen molar-refractivity contribution in [2.24, 2.45) is 7.05 Å². The van der Waals surface area contributed by atoms with Gasteiger partial charge in [0.25, 0.3) is 21.5 Å². The molecule has 2 aromatic carbocycles. The van der Waals surface area contributed by atoms with Crippen LogP contribution in [0.5, 0.6) is 5.75 Å². The molecule has 11 heteroatoms. The monoisotopic (exact) mass is 497 g/mol. The number of benzene rings is 2. The van der Waals surface area contributed by atoms with Gasteiger partial charge in [0.15, 0.2) is 0 Å². The number of nitrogens with one attached hydrogen (secondary N) is 2. The van der Waals surface area contributed by atoms with Crippen LogP contribution in [0.15, 0.2) is 64.3 Å². The van der Waals surface area contributed by atoms with E-state index < -0.39 is 15.9 Å². The molecule has 0 radical (unpaired) electrons. The maximum absolute atomic E-state index is 13.5. The number of carbonyl (C=O) groups is 1. The molecule has 1 aliphatic heterocycles.